The van der Waals surface area contributed by atoms with E-state index >= 15 is 0 Å². The quantitative estimate of drug-likeness (QED) is 0.587. The van der Waals surface area contributed by atoms with Crippen LogP contribution in [0.25, 0.3) is 0 Å². The summed E-state index contributed by atoms with van der Waals surface area (Å²) in [4.78, 5) is 0. The molecule has 0 amide bonds. The zero-order valence-electron chi connectivity index (χ0n) is 6.95. The van der Waals surface area contributed by atoms with Crippen molar-refractivity contribution in [2.24, 2.45) is 5.92 Å². The van der Waals surface area contributed by atoms with Gasteiger partial charge in [-0.05, 0) is 26.2 Å². The molecule has 0 aromatic carbocycles. The standard InChI is InChI=1S/C9H16O2/c1-9(11,7-10)8-5-3-2-4-6-8/h3,5,8,10-11H,2,4,6-7H2,1H3/t8-,9-/m0/s1. The van der Waals surface area contributed by atoms with Crippen molar-refractivity contribution in [3.63, 3.8) is 0 Å². The number of aliphatic hydroxyl groups is 2. The smallest absolute Gasteiger partial charge is 0.0911 e. The first-order valence-electron chi connectivity index (χ1n) is 4.17. The van der Waals surface area contributed by atoms with Gasteiger partial charge in [-0.2, -0.15) is 0 Å². The minimum absolute atomic E-state index is 0.140. The highest BCUT2D eigenvalue weighted by Gasteiger charge is 2.29. The summed E-state index contributed by atoms with van der Waals surface area (Å²) in [6.45, 7) is 1.54. The maximum atomic E-state index is 9.65. The van der Waals surface area contributed by atoms with E-state index in [1.54, 1.807) is 6.92 Å². The van der Waals surface area contributed by atoms with Crippen LogP contribution in [0.4, 0.5) is 0 Å². The number of allylic oxidation sites excluding steroid dienone is 1. The fourth-order valence-electron chi connectivity index (χ4n) is 1.45. The van der Waals surface area contributed by atoms with Crippen LogP contribution < -0.4 is 0 Å². The van der Waals surface area contributed by atoms with Crippen molar-refractivity contribution < 1.29 is 10.2 Å². The molecule has 0 fully saturated rings. The van der Waals surface area contributed by atoms with Gasteiger partial charge < -0.3 is 10.2 Å². The molecule has 0 saturated heterocycles. The van der Waals surface area contributed by atoms with Gasteiger partial charge in [0.15, 0.2) is 0 Å². The number of aliphatic hydroxyl groups excluding tert-OH is 1. The molecule has 11 heavy (non-hydrogen) atoms. The van der Waals surface area contributed by atoms with Crippen LogP contribution in [0.5, 0.6) is 0 Å². The van der Waals surface area contributed by atoms with Crippen LogP contribution in [0.1, 0.15) is 26.2 Å². The maximum absolute atomic E-state index is 9.65. The highest BCUT2D eigenvalue weighted by atomic mass is 16.3. The van der Waals surface area contributed by atoms with E-state index in [-0.39, 0.29) is 12.5 Å². The highest BCUT2D eigenvalue weighted by Crippen LogP contribution is 2.27. The molecule has 64 valence electrons. The molecule has 0 saturated carbocycles. The Hall–Kier alpha value is -0.340. The van der Waals surface area contributed by atoms with E-state index in [0.717, 1.165) is 19.3 Å². The molecule has 1 rings (SSSR count). The lowest BCUT2D eigenvalue weighted by Crippen LogP contribution is -2.37. The molecular formula is C9H16O2. The second-order valence-corrected chi connectivity index (χ2v) is 3.48. The third-order valence-electron chi connectivity index (χ3n) is 2.37. The SMILES string of the molecule is C[C@](O)(CO)[C@H]1C=CCCC1. The van der Waals surface area contributed by atoms with Crippen molar-refractivity contribution in [3.8, 4) is 0 Å². The minimum atomic E-state index is -0.920. The van der Waals surface area contributed by atoms with Crippen LogP contribution in [0.2, 0.25) is 0 Å². The normalized spacial score (nSPS) is 29.9. The zero-order chi connectivity index (χ0) is 8.32. The molecule has 1 aliphatic rings. The molecule has 0 radical (unpaired) electrons. The summed E-state index contributed by atoms with van der Waals surface area (Å²) < 4.78 is 0. The van der Waals surface area contributed by atoms with Gasteiger partial charge in [-0.15, -0.1) is 0 Å². The van der Waals surface area contributed by atoms with Gasteiger partial charge >= 0.3 is 0 Å². The molecule has 0 spiro atoms. The lowest BCUT2D eigenvalue weighted by molar-refractivity contribution is -0.0354. The zero-order valence-corrected chi connectivity index (χ0v) is 6.95. The average molecular weight is 156 g/mol. The van der Waals surface area contributed by atoms with Gasteiger partial charge in [0.05, 0.1) is 12.2 Å². The summed E-state index contributed by atoms with van der Waals surface area (Å²) >= 11 is 0. The third-order valence-corrected chi connectivity index (χ3v) is 2.37. The third kappa shape index (κ3) is 2.04. The van der Waals surface area contributed by atoms with Gasteiger partial charge in [0, 0.05) is 5.92 Å². The number of rotatable bonds is 2. The van der Waals surface area contributed by atoms with Gasteiger partial charge in [0.1, 0.15) is 0 Å². The monoisotopic (exact) mass is 156 g/mol. The van der Waals surface area contributed by atoms with Crippen LogP contribution in [0.15, 0.2) is 12.2 Å². The summed E-state index contributed by atoms with van der Waals surface area (Å²) in [6, 6.07) is 0. The Morgan fingerprint density at radius 2 is 2.36 bits per heavy atom. The van der Waals surface area contributed by atoms with Gasteiger partial charge in [-0.1, -0.05) is 12.2 Å². The molecule has 0 unspecified atom stereocenters. The summed E-state index contributed by atoms with van der Waals surface area (Å²) in [7, 11) is 0. The van der Waals surface area contributed by atoms with Crippen LogP contribution in [-0.4, -0.2) is 22.4 Å². The predicted molar refractivity (Wildman–Crippen MR) is 44.2 cm³/mol. The van der Waals surface area contributed by atoms with E-state index in [1.807, 2.05) is 6.08 Å². The Morgan fingerprint density at radius 3 is 2.82 bits per heavy atom. The van der Waals surface area contributed by atoms with Gasteiger partial charge in [0.25, 0.3) is 0 Å². The summed E-state index contributed by atoms with van der Waals surface area (Å²) in [5.41, 5.74) is -0.920. The molecule has 0 aromatic heterocycles. The molecule has 2 nitrogen and oxygen atoms in total. The lowest BCUT2D eigenvalue weighted by Gasteiger charge is -2.30. The van der Waals surface area contributed by atoms with Gasteiger partial charge in [-0.25, -0.2) is 0 Å². The second kappa shape index (κ2) is 3.37. The molecule has 2 N–H and O–H groups in total. The molecule has 2 heteroatoms. The van der Waals surface area contributed by atoms with Gasteiger partial charge in [-0.3, -0.25) is 0 Å². The first-order valence-corrected chi connectivity index (χ1v) is 4.17. The molecule has 0 heterocycles. The van der Waals surface area contributed by atoms with Crippen LogP contribution in [-0.2, 0) is 0 Å². The van der Waals surface area contributed by atoms with E-state index in [2.05, 4.69) is 6.08 Å². The van der Waals surface area contributed by atoms with E-state index in [0.29, 0.717) is 0 Å². The average Bonchev–Trinajstić information content (AvgIpc) is 2.06. The maximum Gasteiger partial charge on any atom is 0.0911 e. The summed E-state index contributed by atoms with van der Waals surface area (Å²) in [6.07, 6.45) is 7.32. The molecule has 2 atom stereocenters. The Balaban J connectivity index is 2.57. The second-order valence-electron chi connectivity index (χ2n) is 3.48. The van der Waals surface area contributed by atoms with Gasteiger partial charge in [0.2, 0.25) is 0 Å². The minimum Gasteiger partial charge on any atom is -0.393 e. The van der Waals surface area contributed by atoms with E-state index < -0.39 is 5.60 Å². The van der Waals surface area contributed by atoms with Crippen molar-refractivity contribution >= 4 is 0 Å². The largest absolute Gasteiger partial charge is 0.393 e. The fraction of sp³-hybridized carbons (Fsp3) is 0.778. The summed E-state index contributed by atoms with van der Waals surface area (Å²) in [5, 5.41) is 18.5. The summed E-state index contributed by atoms with van der Waals surface area (Å²) in [5.74, 6) is 0.140. The number of hydrogen-bond donors (Lipinski definition) is 2. The number of hydrogen-bond acceptors (Lipinski definition) is 2. The van der Waals surface area contributed by atoms with Crippen molar-refractivity contribution in [2.45, 2.75) is 31.8 Å². The molecule has 0 bridgehead atoms. The predicted octanol–water partition coefficient (Wildman–Crippen LogP) is 1.09. The molecule has 0 aliphatic heterocycles. The molecule has 0 aromatic rings. The first kappa shape index (κ1) is 8.75. The van der Waals surface area contributed by atoms with Crippen LogP contribution >= 0.6 is 0 Å². The molecule has 1 aliphatic carbocycles. The first-order chi connectivity index (χ1) is 5.17. The Bertz CT molecular complexity index is 150. The highest BCUT2D eigenvalue weighted by molar-refractivity contribution is 5.00. The van der Waals surface area contributed by atoms with E-state index in [4.69, 9.17) is 5.11 Å². The Morgan fingerprint density at radius 1 is 1.64 bits per heavy atom. The Kier molecular flexibility index (Phi) is 2.68. The van der Waals surface area contributed by atoms with Crippen molar-refractivity contribution in [3.05, 3.63) is 12.2 Å². The van der Waals surface area contributed by atoms with Crippen molar-refractivity contribution in [1.82, 2.24) is 0 Å². The molecular weight excluding hydrogens is 140 g/mol. The van der Waals surface area contributed by atoms with Crippen LogP contribution in [0.3, 0.4) is 0 Å². The Labute approximate surface area is 67.6 Å². The fourth-order valence-corrected chi connectivity index (χ4v) is 1.45. The lowest BCUT2D eigenvalue weighted by atomic mass is 9.83. The van der Waals surface area contributed by atoms with E-state index in [1.165, 1.54) is 0 Å². The van der Waals surface area contributed by atoms with Crippen molar-refractivity contribution in [1.29, 1.82) is 0 Å². The van der Waals surface area contributed by atoms with E-state index in [9.17, 15) is 5.11 Å². The topological polar surface area (TPSA) is 40.5 Å². The van der Waals surface area contributed by atoms with Crippen molar-refractivity contribution in [2.75, 3.05) is 6.61 Å². The van der Waals surface area contributed by atoms with Crippen LogP contribution in [0, 0.1) is 5.92 Å².